The van der Waals surface area contributed by atoms with Crippen molar-refractivity contribution in [2.45, 2.75) is 6.92 Å². The molecule has 0 atom stereocenters. The second kappa shape index (κ2) is 5.15. The van der Waals surface area contributed by atoms with Crippen LogP contribution in [0.25, 0.3) is 0 Å². The van der Waals surface area contributed by atoms with Crippen molar-refractivity contribution in [3.05, 3.63) is 40.4 Å². The second-order valence-electron chi connectivity index (χ2n) is 2.57. The average Bonchev–Trinajstić information content (AvgIpc) is 2.08. The van der Waals surface area contributed by atoms with Crippen molar-refractivity contribution < 1.29 is 4.74 Å². The zero-order chi connectivity index (χ0) is 9.68. The number of ether oxygens (including phenoxy) is 1. The number of aryl methyl sites for hydroxylation is 1. The molecule has 1 aromatic rings. The number of para-hydroxylation sites is 1. The third-order valence-corrected chi connectivity index (χ3v) is 1.88. The predicted octanol–water partition coefficient (Wildman–Crippen LogP) is 3.69. The van der Waals surface area contributed by atoms with Gasteiger partial charge in [-0.15, -0.1) is 0 Å². The molecule has 0 saturated carbocycles. The van der Waals surface area contributed by atoms with Gasteiger partial charge in [0, 0.05) is 0 Å². The molecule has 1 rings (SSSR count). The lowest BCUT2D eigenvalue weighted by molar-refractivity contribution is 0.360. The van der Waals surface area contributed by atoms with Gasteiger partial charge < -0.3 is 4.74 Å². The molecule has 13 heavy (non-hydrogen) atoms. The Labute approximate surface area is 87.9 Å². The van der Waals surface area contributed by atoms with E-state index in [1.165, 1.54) is 0 Å². The molecular formula is C10H10Cl2O. The Balaban J connectivity index is 2.55. The number of benzene rings is 1. The highest BCUT2D eigenvalue weighted by atomic mass is 35.5. The zero-order valence-corrected chi connectivity index (χ0v) is 8.77. The van der Waals surface area contributed by atoms with Crippen LogP contribution in [0.4, 0.5) is 0 Å². The first kappa shape index (κ1) is 10.4. The van der Waals surface area contributed by atoms with Crippen LogP contribution in [0.15, 0.2) is 34.8 Å². The number of rotatable bonds is 3. The van der Waals surface area contributed by atoms with Crippen molar-refractivity contribution in [2.24, 2.45) is 0 Å². The third-order valence-electron chi connectivity index (χ3n) is 1.57. The van der Waals surface area contributed by atoms with E-state index >= 15 is 0 Å². The first-order chi connectivity index (χ1) is 6.20. The fraction of sp³-hybridized carbons (Fsp3) is 0.200. The fourth-order valence-electron chi connectivity index (χ4n) is 0.913. The van der Waals surface area contributed by atoms with Crippen molar-refractivity contribution in [3.8, 4) is 5.75 Å². The van der Waals surface area contributed by atoms with Crippen LogP contribution in [-0.2, 0) is 0 Å². The predicted molar refractivity (Wildman–Crippen MR) is 56.5 cm³/mol. The summed E-state index contributed by atoms with van der Waals surface area (Å²) in [6, 6.07) is 7.79. The quantitative estimate of drug-likeness (QED) is 0.750. The Morgan fingerprint density at radius 1 is 1.38 bits per heavy atom. The second-order valence-corrected chi connectivity index (χ2v) is 3.58. The Hall–Kier alpha value is -0.660. The van der Waals surface area contributed by atoms with Gasteiger partial charge in [0.15, 0.2) is 0 Å². The lowest BCUT2D eigenvalue weighted by Gasteiger charge is -2.05. The molecule has 70 valence electrons. The van der Waals surface area contributed by atoms with Gasteiger partial charge in [-0.2, -0.15) is 0 Å². The van der Waals surface area contributed by atoms with Crippen molar-refractivity contribution in [3.63, 3.8) is 0 Å². The minimum Gasteiger partial charge on any atom is -0.489 e. The average molecular weight is 217 g/mol. The molecule has 0 aromatic heterocycles. The summed E-state index contributed by atoms with van der Waals surface area (Å²) in [5, 5.41) is 0. The van der Waals surface area contributed by atoms with Crippen molar-refractivity contribution >= 4 is 23.2 Å². The summed E-state index contributed by atoms with van der Waals surface area (Å²) >= 11 is 10.9. The lowest BCUT2D eigenvalue weighted by Crippen LogP contribution is -1.94. The van der Waals surface area contributed by atoms with Crippen LogP contribution >= 0.6 is 23.2 Å². The van der Waals surface area contributed by atoms with Gasteiger partial charge in [0.25, 0.3) is 0 Å². The smallest absolute Gasteiger partial charge is 0.122 e. The van der Waals surface area contributed by atoms with Gasteiger partial charge in [-0.3, -0.25) is 0 Å². The molecule has 0 spiro atoms. The Morgan fingerprint density at radius 2 is 2.08 bits per heavy atom. The molecule has 0 heterocycles. The van der Waals surface area contributed by atoms with Crippen LogP contribution in [-0.4, -0.2) is 6.61 Å². The van der Waals surface area contributed by atoms with E-state index in [1.54, 1.807) is 6.08 Å². The summed E-state index contributed by atoms with van der Waals surface area (Å²) in [7, 11) is 0. The van der Waals surface area contributed by atoms with Gasteiger partial charge >= 0.3 is 0 Å². The van der Waals surface area contributed by atoms with Gasteiger partial charge in [-0.05, 0) is 24.6 Å². The van der Waals surface area contributed by atoms with Crippen molar-refractivity contribution in [2.75, 3.05) is 6.61 Å². The fourth-order valence-corrected chi connectivity index (χ4v) is 1.04. The molecule has 0 amide bonds. The van der Waals surface area contributed by atoms with Crippen LogP contribution in [0.2, 0.25) is 0 Å². The van der Waals surface area contributed by atoms with Gasteiger partial charge in [0.05, 0.1) is 0 Å². The van der Waals surface area contributed by atoms with Crippen LogP contribution in [0.3, 0.4) is 0 Å². The summed E-state index contributed by atoms with van der Waals surface area (Å²) in [6.45, 7) is 2.38. The van der Waals surface area contributed by atoms with E-state index in [1.807, 2.05) is 31.2 Å². The summed E-state index contributed by atoms with van der Waals surface area (Å²) in [5.41, 5.74) is 1.10. The molecule has 1 aromatic carbocycles. The Bertz CT molecular complexity index is 304. The Kier molecular flexibility index (Phi) is 4.13. The number of hydrogen-bond acceptors (Lipinski definition) is 1. The van der Waals surface area contributed by atoms with Crippen LogP contribution < -0.4 is 4.74 Å². The van der Waals surface area contributed by atoms with E-state index in [-0.39, 0.29) is 4.49 Å². The van der Waals surface area contributed by atoms with Crippen LogP contribution in [0.1, 0.15) is 5.56 Å². The lowest BCUT2D eigenvalue weighted by atomic mass is 10.2. The van der Waals surface area contributed by atoms with Crippen molar-refractivity contribution in [1.29, 1.82) is 0 Å². The maximum absolute atomic E-state index is 5.43. The van der Waals surface area contributed by atoms with E-state index < -0.39 is 0 Å². The van der Waals surface area contributed by atoms with E-state index in [0.717, 1.165) is 11.3 Å². The standard InChI is InChI=1S/C10H10Cl2O/c1-8-4-2-3-5-9(8)13-7-6-10(11)12/h2-6H,7H2,1H3. The van der Waals surface area contributed by atoms with Gasteiger partial charge in [-0.1, -0.05) is 41.4 Å². The van der Waals surface area contributed by atoms with Gasteiger partial charge in [0.2, 0.25) is 0 Å². The molecule has 0 saturated heterocycles. The largest absolute Gasteiger partial charge is 0.489 e. The first-order valence-corrected chi connectivity index (χ1v) is 4.65. The minimum absolute atomic E-state index is 0.230. The van der Waals surface area contributed by atoms with Crippen molar-refractivity contribution in [1.82, 2.24) is 0 Å². The molecule has 0 aliphatic carbocycles. The SMILES string of the molecule is Cc1ccccc1OCC=C(Cl)Cl. The highest BCUT2D eigenvalue weighted by Crippen LogP contribution is 2.16. The summed E-state index contributed by atoms with van der Waals surface area (Å²) in [5.74, 6) is 0.855. The zero-order valence-electron chi connectivity index (χ0n) is 7.26. The summed E-state index contributed by atoms with van der Waals surface area (Å²) in [4.78, 5) is 0. The maximum Gasteiger partial charge on any atom is 0.122 e. The van der Waals surface area contributed by atoms with E-state index in [0.29, 0.717) is 6.61 Å². The number of hydrogen-bond donors (Lipinski definition) is 0. The van der Waals surface area contributed by atoms with Crippen LogP contribution in [0.5, 0.6) is 5.75 Å². The van der Waals surface area contributed by atoms with E-state index in [4.69, 9.17) is 27.9 Å². The molecule has 0 unspecified atom stereocenters. The highest BCUT2D eigenvalue weighted by molar-refractivity contribution is 6.55. The molecule has 0 bridgehead atoms. The highest BCUT2D eigenvalue weighted by Gasteiger charge is 1.95. The van der Waals surface area contributed by atoms with E-state index in [2.05, 4.69) is 0 Å². The molecule has 0 aliphatic rings. The molecule has 0 aliphatic heterocycles. The molecule has 0 N–H and O–H groups in total. The molecule has 0 radical (unpaired) electrons. The van der Waals surface area contributed by atoms with Crippen LogP contribution in [0, 0.1) is 6.92 Å². The molecule has 1 nitrogen and oxygen atoms in total. The maximum atomic E-state index is 5.43. The summed E-state index contributed by atoms with van der Waals surface area (Å²) in [6.07, 6.45) is 1.61. The topological polar surface area (TPSA) is 9.23 Å². The third kappa shape index (κ3) is 3.71. The normalized spacial score (nSPS) is 9.46. The van der Waals surface area contributed by atoms with E-state index in [9.17, 15) is 0 Å². The summed E-state index contributed by atoms with van der Waals surface area (Å²) < 4.78 is 5.63. The first-order valence-electron chi connectivity index (χ1n) is 3.90. The minimum atomic E-state index is 0.230. The number of halogens is 2. The molecule has 0 fully saturated rings. The van der Waals surface area contributed by atoms with Gasteiger partial charge in [0.1, 0.15) is 16.8 Å². The Morgan fingerprint density at radius 3 is 2.69 bits per heavy atom. The molecule has 3 heteroatoms. The van der Waals surface area contributed by atoms with Gasteiger partial charge in [-0.25, -0.2) is 0 Å². The molecular weight excluding hydrogens is 207 g/mol. The monoisotopic (exact) mass is 216 g/mol.